The van der Waals surface area contributed by atoms with Gasteiger partial charge in [0.05, 0.1) is 12.9 Å². The molecule has 0 aromatic carbocycles. The van der Waals surface area contributed by atoms with Crippen molar-refractivity contribution in [1.29, 1.82) is 0 Å². The van der Waals surface area contributed by atoms with Gasteiger partial charge >= 0.3 is 0 Å². The van der Waals surface area contributed by atoms with Gasteiger partial charge in [-0.15, -0.1) is 0 Å². The van der Waals surface area contributed by atoms with Crippen LogP contribution in [0.1, 0.15) is 32.6 Å². The Kier molecular flexibility index (Phi) is 2.09. The monoisotopic (exact) mass is 168 g/mol. The summed E-state index contributed by atoms with van der Waals surface area (Å²) in [6.45, 7) is 3.66. The van der Waals surface area contributed by atoms with Gasteiger partial charge in [0.1, 0.15) is 12.2 Å². The molecule has 1 saturated heterocycles. The molecule has 2 aliphatic rings. The van der Waals surface area contributed by atoms with Gasteiger partial charge in [0, 0.05) is 0 Å². The molecule has 0 radical (unpaired) electrons. The third kappa shape index (κ3) is 2.01. The van der Waals surface area contributed by atoms with Gasteiger partial charge in [-0.2, -0.15) is 0 Å². The summed E-state index contributed by atoms with van der Waals surface area (Å²) in [4.78, 5) is 0. The van der Waals surface area contributed by atoms with Gasteiger partial charge in [-0.05, 0) is 38.2 Å². The number of epoxide rings is 1. The van der Waals surface area contributed by atoms with Gasteiger partial charge in [-0.1, -0.05) is 0 Å². The van der Waals surface area contributed by atoms with Gasteiger partial charge in [0.25, 0.3) is 0 Å². The van der Waals surface area contributed by atoms with E-state index in [-0.39, 0.29) is 5.60 Å². The third-order valence-electron chi connectivity index (χ3n) is 2.52. The highest BCUT2D eigenvalue weighted by Crippen LogP contribution is 2.27. The summed E-state index contributed by atoms with van der Waals surface area (Å²) in [5.41, 5.74) is 1.51. The smallest absolute Gasteiger partial charge is 0.123 e. The average molecular weight is 168 g/mol. The Labute approximate surface area is 73.5 Å². The minimum Gasteiger partial charge on any atom is -0.498 e. The fourth-order valence-electron chi connectivity index (χ4n) is 1.49. The first-order valence-corrected chi connectivity index (χ1v) is 4.72. The van der Waals surface area contributed by atoms with Crippen LogP contribution in [-0.4, -0.2) is 18.8 Å². The molecule has 0 aromatic heterocycles. The fourth-order valence-corrected chi connectivity index (χ4v) is 1.49. The highest BCUT2D eigenvalue weighted by molar-refractivity contribution is 5.02. The topological polar surface area (TPSA) is 21.8 Å². The molecule has 1 aliphatic carbocycles. The summed E-state index contributed by atoms with van der Waals surface area (Å²) in [6, 6.07) is 0. The molecule has 2 heteroatoms. The summed E-state index contributed by atoms with van der Waals surface area (Å²) in [7, 11) is 0. The van der Waals surface area contributed by atoms with E-state index >= 15 is 0 Å². The maximum atomic E-state index is 5.46. The number of allylic oxidation sites excluding steroid dienone is 1. The lowest BCUT2D eigenvalue weighted by atomic mass is 10.2. The van der Waals surface area contributed by atoms with E-state index in [0.29, 0.717) is 0 Å². The van der Waals surface area contributed by atoms with E-state index in [0.717, 1.165) is 13.2 Å². The van der Waals surface area contributed by atoms with E-state index in [9.17, 15) is 0 Å². The molecule has 0 bridgehead atoms. The molecule has 2 nitrogen and oxygen atoms in total. The predicted octanol–water partition coefficient (Wildman–Crippen LogP) is 2.25. The molecule has 12 heavy (non-hydrogen) atoms. The number of hydrogen-bond donors (Lipinski definition) is 0. The number of ether oxygens (including phenoxy) is 2. The highest BCUT2D eigenvalue weighted by atomic mass is 16.6. The van der Waals surface area contributed by atoms with Crippen molar-refractivity contribution in [3.63, 3.8) is 0 Å². The van der Waals surface area contributed by atoms with Gasteiger partial charge in [-0.25, -0.2) is 0 Å². The van der Waals surface area contributed by atoms with Crippen LogP contribution in [0, 0.1) is 0 Å². The Hall–Kier alpha value is -0.500. The molecular weight excluding hydrogens is 152 g/mol. The molecule has 68 valence electrons. The van der Waals surface area contributed by atoms with Gasteiger partial charge in [-0.3, -0.25) is 0 Å². The van der Waals surface area contributed by atoms with Gasteiger partial charge < -0.3 is 9.47 Å². The molecule has 1 aliphatic heterocycles. The van der Waals surface area contributed by atoms with Crippen molar-refractivity contribution in [2.75, 3.05) is 13.2 Å². The molecule has 1 unspecified atom stereocenters. The molecule has 0 spiro atoms. The van der Waals surface area contributed by atoms with Crippen LogP contribution in [0.5, 0.6) is 0 Å². The quantitative estimate of drug-likeness (QED) is 0.476. The minimum absolute atomic E-state index is 0.0374. The van der Waals surface area contributed by atoms with Crippen molar-refractivity contribution in [3.8, 4) is 0 Å². The average Bonchev–Trinajstić information content (AvgIpc) is 2.61. The Morgan fingerprint density at radius 1 is 1.50 bits per heavy atom. The number of rotatable bonds is 3. The standard InChI is InChI=1S/C10H16O2/c1-10(8-12-10)7-11-6-9-4-2-3-5-9/h6H,2-5,7-8H2,1H3. The van der Waals surface area contributed by atoms with Crippen molar-refractivity contribution in [3.05, 3.63) is 11.8 Å². The molecule has 0 aromatic rings. The van der Waals surface area contributed by atoms with Crippen molar-refractivity contribution in [1.82, 2.24) is 0 Å². The van der Waals surface area contributed by atoms with Crippen LogP contribution in [0.2, 0.25) is 0 Å². The van der Waals surface area contributed by atoms with Crippen LogP contribution >= 0.6 is 0 Å². The van der Waals surface area contributed by atoms with Crippen molar-refractivity contribution < 1.29 is 9.47 Å². The van der Waals surface area contributed by atoms with Crippen LogP contribution in [0.25, 0.3) is 0 Å². The van der Waals surface area contributed by atoms with Crippen molar-refractivity contribution in [2.24, 2.45) is 0 Å². The molecule has 0 amide bonds. The van der Waals surface area contributed by atoms with E-state index < -0.39 is 0 Å². The van der Waals surface area contributed by atoms with Crippen LogP contribution in [0.3, 0.4) is 0 Å². The summed E-state index contributed by atoms with van der Waals surface area (Å²) in [5.74, 6) is 0. The van der Waals surface area contributed by atoms with Crippen LogP contribution in [-0.2, 0) is 9.47 Å². The summed E-state index contributed by atoms with van der Waals surface area (Å²) in [5, 5.41) is 0. The predicted molar refractivity (Wildman–Crippen MR) is 46.9 cm³/mol. The van der Waals surface area contributed by atoms with E-state index in [1.54, 1.807) is 0 Å². The second kappa shape index (κ2) is 3.09. The zero-order chi connectivity index (χ0) is 8.44. The lowest BCUT2D eigenvalue weighted by Gasteiger charge is -2.04. The normalized spacial score (nSPS) is 33.6. The van der Waals surface area contributed by atoms with E-state index in [4.69, 9.17) is 9.47 Å². The molecule has 0 N–H and O–H groups in total. The Bertz CT molecular complexity index is 184. The first-order chi connectivity index (χ1) is 5.79. The van der Waals surface area contributed by atoms with Crippen molar-refractivity contribution in [2.45, 2.75) is 38.2 Å². The fraction of sp³-hybridized carbons (Fsp3) is 0.800. The zero-order valence-electron chi connectivity index (χ0n) is 7.64. The molecule has 2 fully saturated rings. The molecule has 1 heterocycles. The molecule has 2 rings (SSSR count). The molecule has 1 atom stereocenters. The lowest BCUT2D eigenvalue weighted by Crippen LogP contribution is -2.12. The Morgan fingerprint density at radius 3 is 2.75 bits per heavy atom. The molecule has 1 saturated carbocycles. The van der Waals surface area contributed by atoms with E-state index in [1.807, 2.05) is 6.26 Å². The van der Waals surface area contributed by atoms with E-state index in [2.05, 4.69) is 6.92 Å². The minimum atomic E-state index is 0.0374. The maximum absolute atomic E-state index is 5.46. The second-order valence-electron chi connectivity index (χ2n) is 4.03. The second-order valence-corrected chi connectivity index (χ2v) is 4.03. The summed E-state index contributed by atoms with van der Waals surface area (Å²) in [6.07, 6.45) is 7.08. The number of hydrogen-bond acceptors (Lipinski definition) is 2. The van der Waals surface area contributed by atoms with Crippen molar-refractivity contribution >= 4 is 0 Å². The van der Waals surface area contributed by atoms with Gasteiger partial charge in [0.2, 0.25) is 0 Å². The summed E-state index contributed by atoms with van der Waals surface area (Å²) >= 11 is 0. The summed E-state index contributed by atoms with van der Waals surface area (Å²) < 4.78 is 10.7. The first-order valence-electron chi connectivity index (χ1n) is 4.72. The van der Waals surface area contributed by atoms with E-state index in [1.165, 1.54) is 31.3 Å². The largest absolute Gasteiger partial charge is 0.498 e. The Morgan fingerprint density at radius 2 is 2.17 bits per heavy atom. The van der Waals surface area contributed by atoms with Gasteiger partial charge in [0.15, 0.2) is 0 Å². The maximum Gasteiger partial charge on any atom is 0.123 e. The highest BCUT2D eigenvalue weighted by Gasteiger charge is 2.39. The Balaban J connectivity index is 1.70. The van der Waals surface area contributed by atoms with Crippen LogP contribution in [0.15, 0.2) is 11.8 Å². The lowest BCUT2D eigenvalue weighted by molar-refractivity contribution is 0.161. The molecular formula is C10H16O2. The first kappa shape index (κ1) is 8.11. The SMILES string of the molecule is CC1(COC=C2CCCC2)CO1. The van der Waals surface area contributed by atoms with Crippen LogP contribution in [0.4, 0.5) is 0 Å². The third-order valence-corrected chi connectivity index (χ3v) is 2.52. The zero-order valence-corrected chi connectivity index (χ0v) is 7.64. The van der Waals surface area contributed by atoms with Crippen LogP contribution < -0.4 is 0 Å².